The quantitative estimate of drug-likeness (QED) is 0.726. The molecule has 1 aromatic heterocycles. The van der Waals surface area contributed by atoms with Crippen LogP contribution in [0.5, 0.6) is 0 Å². The lowest BCUT2D eigenvalue weighted by molar-refractivity contribution is 0.0933. The number of hydrogen-bond acceptors (Lipinski definition) is 3. The lowest BCUT2D eigenvalue weighted by Gasteiger charge is -2.14. The smallest absolute Gasteiger partial charge is 0.270 e. The zero-order chi connectivity index (χ0) is 15.7. The Hall–Kier alpha value is -1.58. The van der Waals surface area contributed by atoms with E-state index < -0.39 is 0 Å². The molecule has 0 saturated heterocycles. The molecule has 0 aliphatic heterocycles. The topological polar surface area (TPSA) is 54.0 Å². The van der Waals surface area contributed by atoms with Crippen LogP contribution in [0.4, 0.5) is 5.69 Å². The molecule has 1 heterocycles. The van der Waals surface area contributed by atoms with Crippen LogP contribution < -0.4 is 10.6 Å². The van der Waals surface area contributed by atoms with Crippen molar-refractivity contribution in [1.29, 1.82) is 0 Å². The third kappa shape index (κ3) is 7.11. The maximum atomic E-state index is 12.2. The van der Waals surface area contributed by atoms with Crippen LogP contribution in [0.15, 0.2) is 18.3 Å². The third-order valence-electron chi connectivity index (χ3n) is 3.37. The van der Waals surface area contributed by atoms with Crippen molar-refractivity contribution < 1.29 is 4.79 Å². The lowest BCUT2D eigenvalue weighted by Crippen LogP contribution is -2.33. The van der Waals surface area contributed by atoms with Gasteiger partial charge in [-0.25, -0.2) is 0 Å². The Morgan fingerprint density at radius 1 is 1.29 bits per heavy atom. The Kier molecular flexibility index (Phi) is 7.80. The summed E-state index contributed by atoms with van der Waals surface area (Å²) in [6.45, 7) is 9.51. The Morgan fingerprint density at radius 3 is 2.71 bits per heavy atom. The highest BCUT2D eigenvalue weighted by molar-refractivity contribution is 5.93. The molecule has 0 aliphatic carbocycles. The van der Waals surface area contributed by atoms with Crippen LogP contribution in [-0.4, -0.2) is 23.5 Å². The summed E-state index contributed by atoms with van der Waals surface area (Å²) in [5.41, 5.74) is 1.43. The van der Waals surface area contributed by atoms with Gasteiger partial charge in [-0.05, 0) is 37.8 Å². The van der Waals surface area contributed by atoms with Crippen molar-refractivity contribution in [3.05, 3.63) is 24.0 Å². The van der Waals surface area contributed by atoms with Crippen molar-refractivity contribution >= 4 is 11.6 Å². The van der Waals surface area contributed by atoms with Crippen LogP contribution in [0, 0.1) is 5.92 Å². The van der Waals surface area contributed by atoms with Gasteiger partial charge in [0.25, 0.3) is 5.91 Å². The summed E-state index contributed by atoms with van der Waals surface area (Å²) >= 11 is 0. The number of nitrogens with one attached hydrogen (secondary N) is 2. The molecule has 0 aromatic carbocycles. The molecule has 21 heavy (non-hydrogen) atoms. The number of amides is 1. The van der Waals surface area contributed by atoms with Gasteiger partial charge in [0.1, 0.15) is 5.69 Å². The predicted molar refractivity (Wildman–Crippen MR) is 88.6 cm³/mol. The van der Waals surface area contributed by atoms with Crippen molar-refractivity contribution in [3.8, 4) is 0 Å². The van der Waals surface area contributed by atoms with Gasteiger partial charge in [-0.2, -0.15) is 0 Å². The second-order valence-corrected chi connectivity index (χ2v) is 6.06. The average Bonchev–Trinajstić information content (AvgIpc) is 2.45. The first-order valence-corrected chi connectivity index (χ1v) is 8.03. The molecule has 1 amide bonds. The third-order valence-corrected chi connectivity index (χ3v) is 3.37. The Labute approximate surface area is 128 Å². The van der Waals surface area contributed by atoms with E-state index in [1.165, 1.54) is 6.42 Å². The number of anilines is 1. The fourth-order valence-electron chi connectivity index (χ4n) is 2.14. The molecule has 0 spiro atoms. The fourth-order valence-corrected chi connectivity index (χ4v) is 2.14. The van der Waals surface area contributed by atoms with E-state index in [1.54, 1.807) is 6.20 Å². The molecule has 0 aliphatic rings. The standard InChI is InChI=1S/C17H29N3O/c1-5-10-18-15-9-11-19-16(12-15)17(21)20-14(4)8-6-7-13(2)3/h9,11-14H,5-8,10H2,1-4H3,(H,18,19)(H,20,21). The number of rotatable bonds is 9. The van der Waals surface area contributed by atoms with Crippen molar-refractivity contribution in [3.63, 3.8) is 0 Å². The minimum Gasteiger partial charge on any atom is -0.385 e. The number of carbonyl (C=O) groups is 1. The number of nitrogens with zero attached hydrogens (tertiary/aromatic N) is 1. The number of carbonyl (C=O) groups excluding carboxylic acids is 1. The first-order valence-electron chi connectivity index (χ1n) is 8.03. The number of hydrogen-bond donors (Lipinski definition) is 2. The summed E-state index contributed by atoms with van der Waals surface area (Å²) in [7, 11) is 0. The monoisotopic (exact) mass is 291 g/mol. The molecule has 118 valence electrons. The van der Waals surface area contributed by atoms with E-state index in [-0.39, 0.29) is 11.9 Å². The van der Waals surface area contributed by atoms with Gasteiger partial charge < -0.3 is 10.6 Å². The Bertz CT molecular complexity index is 432. The molecule has 4 nitrogen and oxygen atoms in total. The summed E-state index contributed by atoms with van der Waals surface area (Å²) in [4.78, 5) is 16.3. The minimum atomic E-state index is -0.0906. The maximum Gasteiger partial charge on any atom is 0.270 e. The Morgan fingerprint density at radius 2 is 2.05 bits per heavy atom. The van der Waals surface area contributed by atoms with Gasteiger partial charge >= 0.3 is 0 Å². The van der Waals surface area contributed by atoms with E-state index in [0.717, 1.165) is 37.4 Å². The number of pyridine rings is 1. The van der Waals surface area contributed by atoms with E-state index in [2.05, 4.69) is 43.3 Å². The lowest BCUT2D eigenvalue weighted by atomic mass is 10.0. The predicted octanol–water partition coefficient (Wildman–Crippen LogP) is 3.85. The highest BCUT2D eigenvalue weighted by Gasteiger charge is 2.11. The van der Waals surface area contributed by atoms with Crippen LogP contribution >= 0.6 is 0 Å². The minimum absolute atomic E-state index is 0.0906. The zero-order valence-corrected chi connectivity index (χ0v) is 13.8. The molecular weight excluding hydrogens is 262 g/mol. The maximum absolute atomic E-state index is 12.2. The van der Waals surface area contributed by atoms with Crippen LogP contribution in [0.3, 0.4) is 0 Å². The van der Waals surface area contributed by atoms with Gasteiger partial charge in [0.05, 0.1) is 0 Å². The molecule has 0 bridgehead atoms. The normalized spacial score (nSPS) is 12.2. The molecule has 1 aromatic rings. The van der Waals surface area contributed by atoms with Crippen LogP contribution in [0.2, 0.25) is 0 Å². The van der Waals surface area contributed by atoms with Crippen LogP contribution in [-0.2, 0) is 0 Å². The molecule has 0 saturated carbocycles. The second kappa shape index (κ2) is 9.37. The molecule has 1 unspecified atom stereocenters. The molecule has 0 radical (unpaired) electrons. The molecule has 0 fully saturated rings. The Balaban J connectivity index is 2.47. The van der Waals surface area contributed by atoms with E-state index in [1.807, 2.05) is 12.1 Å². The summed E-state index contributed by atoms with van der Waals surface area (Å²) < 4.78 is 0. The van der Waals surface area contributed by atoms with Crippen molar-refractivity contribution in [2.45, 2.75) is 59.4 Å². The summed E-state index contributed by atoms with van der Waals surface area (Å²) in [6, 6.07) is 3.88. The highest BCUT2D eigenvalue weighted by Crippen LogP contribution is 2.10. The summed E-state index contributed by atoms with van der Waals surface area (Å²) in [5, 5.41) is 6.29. The van der Waals surface area contributed by atoms with Gasteiger partial charge in [0.2, 0.25) is 0 Å². The van der Waals surface area contributed by atoms with Gasteiger partial charge in [-0.1, -0.05) is 33.6 Å². The summed E-state index contributed by atoms with van der Waals surface area (Å²) in [5.74, 6) is 0.628. The van der Waals surface area contributed by atoms with Crippen molar-refractivity contribution in [2.75, 3.05) is 11.9 Å². The van der Waals surface area contributed by atoms with Gasteiger partial charge in [-0.15, -0.1) is 0 Å². The number of aromatic nitrogens is 1. The van der Waals surface area contributed by atoms with Crippen molar-refractivity contribution in [1.82, 2.24) is 10.3 Å². The van der Waals surface area contributed by atoms with Gasteiger partial charge in [0.15, 0.2) is 0 Å². The van der Waals surface area contributed by atoms with Crippen LogP contribution in [0.25, 0.3) is 0 Å². The first-order chi connectivity index (χ1) is 10.0. The zero-order valence-electron chi connectivity index (χ0n) is 13.8. The van der Waals surface area contributed by atoms with Crippen LogP contribution in [0.1, 0.15) is 63.9 Å². The second-order valence-electron chi connectivity index (χ2n) is 6.06. The molecule has 2 N–H and O–H groups in total. The summed E-state index contributed by atoms with van der Waals surface area (Å²) in [6.07, 6.45) is 6.09. The molecule has 1 rings (SSSR count). The fraction of sp³-hybridized carbons (Fsp3) is 0.647. The van der Waals surface area contributed by atoms with Crippen molar-refractivity contribution in [2.24, 2.45) is 5.92 Å². The average molecular weight is 291 g/mol. The van der Waals surface area contributed by atoms with Gasteiger partial charge in [-0.3, -0.25) is 9.78 Å². The molecular formula is C17H29N3O. The van der Waals surface area contributed by atoms with E-state index >= 15 is 0 Å². The highest BCUT2D eigenvalue weighted by atomic mass is 16.1. The molecule has 4 heteroatoms. The van der Waals surface area contributed by atoms with E-state index in [0.29, 0.717) is 5.69 Å². The van der Waals surface area contributed by atoms with Gasteiger partial charge in [0, 0.05) is 24.5 Å². The first kappa shape index (κ1) is 17.5. The SMILES string of the molecule is CCCNc1ccnc(C(=O)NC(C)CCCC(C)C)c1. The van der Waals surface area contributed by atoms with E-state index in [9.17, 15) is 4.79 Å². The van der Waals surface area contributed by atoms with E-state index in [4.69, 9.17) is 0 Å². The molecule has 1 atom stereocenters. The largest absolute Gasteiger partial charge is 0.385 e.